The van der Waals surface area contributed by atoms with Crippen molar-refractivity contribution < 1.29 is 24.2 Å². The minimum Gasteiger partial charge on any atom is -0.507 e. The van der Waals surface area contributed by atoms with Crippen molar-refractivity contribution in [1.82, 2.24) is 10.2 Å². The van der Waals surface area contributed by atoms with Crippen molar-refractivity contribution in [2.45, 2.75) is 49.4 Å². The van der Waals surface area contributed by atoms with Crippen molar-refractivity contribution in [3.05, 3.63) is 100 Å². The van der Waals surface area contributed by atoms with Crippen LogP contribution in [-0.2, 0) is 21.8 Å². The molecule has 6 rings (SSSR count). The molecule has 3 aromatic carbocycles. The first-order valence-electron chi connectivity index (χ1n) is 13.7. The van der Waals surface area contributed by atoms with Crippen LogP contribution in [0.15, 0.2) is 76.6 Å². The second-order valence-corrected chi connectivity index (χ2v) is 12.4. The van der Waals surface area contributed by atoms with Crippen LogP contribution < -0.4 is 14.4 Å². The summed E-state index contributed by atoms with van der Waals surface area (Å²) in [5.74, 6) is 0.236. The van der Waals surface area contributed by atoms with E-state index in [1.165, 1.54) is 33.6 Å². The summed E-state index contributed by atoms with van der Waals surface area (Å²) in [6.45, 7) is 6.36. The summed E-state index contributed by atoms with van der Waals surface area (Å²) in [5.41, 5.74) is 4.32. The van der Waals surface area contributed by atoms with Crippen molar-refractivity contribution in [3.8, 4) is 11.5 Å². The number of aryl methyl sites for hydroxylation is 1. The molecule has 0 radical (unpaired) electrons. The number of aromatic nitrogens is 2. The van der Waals surface area contributed by atoms with E-state index in [2.05, 4.69) is 34.5 Å². The van der Waals surface area contributed by atoms with Gasteiger partial charge in [0.15, 0.2) is 4.34 Å². The maximum Gasteiger partial charge on any atom is 0.301 e. The number of Topliss-reactive ketones (excluding diaryl/α,β-unsaturated/α-hetero) is 1. The number of benzene rings is 3. The Hall–Kier alpha value is -4.15. The molecule has 1 amide bonds. The standard InChI is InChI=1S/C32H29N3O5S2/c1-4-39-24-7-5-6-21(16-24)27-26(28(36)22-12-13-25-23(15-22)14-19(3)40-25)29(37)30(38)35(27)31-33-34-32(42-31)41-17-20-10-8-18(2)9-11-20/h5-13,15-16,19,27,36H,4,14,17H2,1-3H3/t19-,27+/m1/s1. The number of fused-ring (bicyclic) bond motifs is 1. The Balaban J connectivity index is 1.39. The number of hydrogen-bond acceptors (Lipinski definition) is 9. The fourth-order valence-electron chi connectivity index (χ4n) is 5.20. The number of amides is 1. The average molecular weight is 600 g/mol. The third kappa shape index (κ3) is 5.39. The third-order valence-electron chi connectivity index (χ3n) is 7.18. The van der Waals surface area contributed by atoms with Crippen molar-refractivity contribution in [2.24, 2.45) is 0 Å². The monoisotopic (exact) mass is 599 g/mol. The summed E-state index contributed by atoms with van der Waals surface area (Å²) in [6.07, 6.45) is 0.720. The Morgan fingerprint density at radius 2 is 1.93 bits per heavy atom. The molecule has 1 aromatic heterocycles. The zero-order chi connectivity index (χ0) is 29.4. The average Bonchev–Trinajstić information content (AvgIpc) is 3.67. The Morgan fingerprint density at radius 1 is 1.12 bits per heavy atom. The van der Waals surface area contributed by atoms with Gasteiger partial charge in [-0.05, 0) is 67.8 Å². The molecule has 4 aromatic rings. The van der Waals surface area contributed by atoms with Gasteiger partial charge in [-0.1, -0.05) is 65.1 Å². The molecule has 42 heavy (non-hydrogen) atoms. The van der Waals surface area contributed by atoms with Gasteiger partial charge in [-0.3, -0.25) is 14.5 Å². The largest absolute Gasteiger partial charge is 0.507 e. The Kier molecular flexibility index (Phi) is 7.74. The first kappa shape index (κ1) is 28.0. The Morgan fingerprint density at radius 3 is 2.71 bits per heavy atom. The zero-order valence-corrected chi connectivity index (χ0v) is 25.0. The molecule has 8 nitrogen and oxygen atoms in total. The number of carbonyl (C=O) groups is 2. The van der Waals surface area contributed by atoms with Gasteiger partial charge < -0.3 is 14.6 Å². The van der Waals surface area contributed by atoms with Crippen LogP contribution in [0.5, 0.6) is 11.5 Å². The van der Waals surface area contributed by atoms with Gasteiger partial charge in [0.05, 0.1) is 18.2 Å². The minimum absolute atomic E-state index is 0.00961. The van der Waals surface area contributed by atoms with Crippen molar-refractivity contribution in [3.63, 3.8) is 0 Å². The molecule has 1 saturated heterocycles. The summed E-state index contributed by atoms with van der Waals surface area (Å²) >= 11 is 2.75. The van der Waals surface area contributed by atoms with Crippen LogP contribution in [0.3, 0.4) is 0 Å². The molecule has 0 saturated carbocycles. The SMILES string of the molecule is CCOc1cccc([C@H]2C(=C(O)c3ccc4c(c3)C[C@@H](C)O4)C(=O)C(=O)N2c2nnc(SCc3ccc(C)cc3)s2)c1. The van der Waals surface area contributed by atoms with Gasteiger partial charge in [0.1, 0.15) is 23.4 Å². The van der Waals surface area contributed by atoms with Gasteiger partial charge in [-0.15, -0.1) is 10.2 Å². The van der Waals surface area contributed by atoms with Crippen LogP contribution in [0.1, 0.15) is 47.7 Å². The van der Waals surface area contributed by atoms with E-state index in [9.17, 15) is 14.7 Å². The molecular weight excluding hydrogens is 571 g/mol. The molecule has 1 N–H and O–H groups in total. The van der Waals surface area contributed by atoms with Crippen LogP contribution >= 0.6 is 23.1 Å². The van der Waals surface area contributed by atoms with E-state index >= 15 is 0 Å². The molecule has 0 bridgehead atoms. The highest BCUT2D eigenvalue weighted by Crippen LogP contribution is 2.45. The molecule has 0 spiro atoms. The molecule has 2 aliphatic heterocycles. The van der Waals surface area contributed by atoms with Gasteiger partial charge in [0.25, 0.3) is 5.78 Å². The molecule has 214 valence electrons. The van der Waals surface area contributed by atoms with E-state index in [1.54, 1.807) is 24.3 Å². The predicted molar refractivity (Wildman–Crippen MR) is 163 cm³/mol. The fourth-order valence-corrected chi connectivity index (χ4v) is 7.02. The predicted octanol–water partition coefficient (Wildman–Crippen LogP) is 6.49. The highest BCUT2D eigenvalue weighted by atomic mass is 32.2. The number of ketones is 1. The Labute approximate surface area is 252 Å². The second kappa shape index (κ2) is 11.6. The highest BCUT2D eigenvalue weighted by molar-refractivity contribution is 8.00. The summed E-state index contributed by atoms with van der Waals surface area (Å²) in [6, 6.07) is 19.9. The number of carbonyl (C=O) groups excluding carboxylic acids is 2. The normalized spacial score (nSPS) is 19.2. The lowest BCUT2D eigenvalue weighted by Gasteiger charge is -2.23. The maximum absolute atomic E-state index is 13.6. The van der Waals surface area contributed by atoms with E-state index in [1.807, 2.05) is 39.0 Å². The number of rotatable bonds is 8. The summed E-state index contributed by atoms with van der Waals surface area (Å²) in [4.78, 5) is 28.6. The lowest BCUT2D eigenvalue weighted by atomic mass is 9.94. The highest BCUT2D eigenvalue weighted by Gasteiger charge is 2.48. The van der Waals surface area contributed by atoms with Crippen LogP contribution in [0.4, 0.5) is 5.13 Å². The quantitative estimate of drug-likeness (QED) is 0.0807. The number of hydrogen-bond donors (Lipinski definition) is 1. The van der Waals surface area contributed by atoms with Gasteiger partial charge in [-0.25, -0.2) is 0 Å². The van der Waals surface area contributed by atoms with Gasteiger partial charge >= 0.3 is 5.91 Å². The van der Waals surface area contributed by atoms with Gasteiger partial charge in [0.2, 0.25) is 5.13 Å². The van der Waals surface area contributed by atoms with E-state index < -0.39 is 17.7 Å². The molecule has 2 aliphatic rings. The number of anilines is 1. The van der Waals surface area contributed by atoms with Crippen LogP contribution in [0.25, 0.3) is 5.76 Å². The molecule has 0 unspecified atom stereocenters. The molecule has 10 heteroatoms. The summed E-state index contributed by atoms with van der Waals surface area (Å²) in [5, 5.41) is 20.5. The molecule has 2 atom stereocenters. The van der Waals surface area contributed by atoms with Crippen LogP contribution in [-0.4, -0.2) is 39.7 Å². The van der Waals surface area contributed by atoms with Gasteiger partial charge in [0, 0.05) is 17.7 Å². The summed E-state index contributed by atoms with van der Waals surface area (Å²) < 4.78 is 12.2. The van der Waals surface area contributed by atoms with Crippen LogP contribution in [0.2, 0.25) is 0 Å². The molecule has 3 heterocycles. The summed E-state index contributed by atoms with van der Waals surface area (Å²) in [7, 11) is 0. The first-order chi connectivity index (χ1) is 20.3. The fraction of sp³-hybridized carbons (Fsp3) is 0.250. The molecule has 1 fully saturated rings. The lowest BCUT2D eigenvalue weighted by molar-refractivity contribution is -0.132. The minimum atomic E-state index is -0.920. The number of aliphatic hydroxyl groups excluding tert-OH is 1. The maximum atomic E-state index is 13.6. The van der Waals surface area contributed by atoms with Crippen molar-refractivity contribution in [1.29, 1.82) is 0 Å². The number of ether oxygens (including phenoxy) is 2. The molecular formula is C32H29N3O5S2. The molecule has 0 aliphatic carbocycles. The van der Waals surface area contributed by atoms with Crippen molar-refractivity contribution >= 4 is 45.7 Å². The first-order valence-corrected chi connectivity index (χ1v) is 15.5. The van der Waals surface area contributed by atoms with E-state index in [0.29, 0.717) is 40.0 Å². The number of nitrogens with zero attached hydrogens (tertiary/aromatic N) is 3. The smallest absolute Gasteiger partial charge is 0.301 e. The zero-order valence-electron chi connectivity index (χ0n) is 23.4. The second-order valence-electron chi connectivity index (χ2n) is 10.3. The van der Waals surface area contributed by atoms with E-state index in [-0.39, 0.29) is 22.6 Å². The topological polar surface area (TPSA) is 102 Å². The number of aliphatic hydroxyl groups is 1. The van der Waals surface area contributed by atoms with E-state index in [0.717, 1.165) is 16.9 Å². The number of thioether (sulfide) groups is 1. The van der Waals surface area contributed by atoms with Crippen molar-refractivity contribution in [2.75, 3.05) is 11.5 Å². The third-order valence-corrected chi connectivity index (χ3v) is 9.31. The van der Waals surface area contributed by atoms with Gasteiger partial charge in [-0.2, -0.15) is 0 Å². The lowest BCUT2D eigenvalue weighted by Crippen LogP contribution is -2.29. The Bertz CT molecular complexity index is 1700. The van der Waals surface area contributed by atoms with E-state index in [4.69, 9.17) is 9.47 Å². The van der Waals surface area contributed by atoms with Crippen LogP contribution in [0, 0.1) is 6.92 Å².